The number of aromatic nitrogens is 5. The summed E-state index contributed by atoms with van der Waals surface area (Å²) in [6.45, 7) is 5.95. The van der Waals surface area contributed by atoms with Gasteiger partial charge in [0.1, 0.15) is 11.6 Å². The molecule has 0 bridgehead atoms. The molecule has 4 heterocycles. The number of imidazole rings is 1. The van der Waals surface area contributed by atoms with E-state index in [4.69, 9.17) is 9.51 Å². The molecular formula is C24H26N6O. The first-order valence-electron chi connectivity index (χ1n) is 10.8. The van der Waals surface area contributed by atoms with Crippen LogP contribution in [0.25, 0.3) is 22.7 Å². The van der Waals surface area contributed by atoms with Crippen LogP contribution in [-0.4, -0.2) is 38.2 Å². The lowest BCUT2D eigenvalue weighted by atomic mass is 9.97. The maximum absolute atomic E-state index is 5.47. The Labute approximate surface area is 181 Å². The highest BCUT2D eigenvalue weighted by molar-refractivity contribution is 5.60. The molecule has 1 fully saturated rings. The van der Waals surface area contributed by atoms with Gasteiger partial charge in [0.15, 0.2) is 5.82 Å². The van der Waals surface area contributed by atoms with E-state index in [1.807, 2.05) is 42.7 Å². The van der Waals surface area contributed by atoms with Gasteiger partial charge in [-0.1, -0.05) is 49.3 Å². The molecule has 0 aliphatic carbocycles. The second-order valence-corrected chi connectivity index (χ2v) is 8.35. The molecule has 158 valence electrons. The van der Waals surface area contributed by atoms with Crippen molar-refractivity contribution in [2.45, 2.75) is 38.5 Å². The highest BCUT2D eigenvalue weighted by Gasteiger charge is 2.25. The fourth-order valence-electron chi connectivity index (χ4n) is 4.03. The average Bonchev–Trinajstić information content (AvgIpc) is 3.51. The van der Waals surface area contributed by atoms with Gasteiger partial charge in [-0.2, -0.15) is 4.98 Å². The largest absolute Gasteiger partial charge is 0.356 e. The highest BCUT2D eigenvalue weighted by atomic mass is 16.5. The number of nitrogens with one attached hydrogen (secondary N) is 1. The van der Waals surface area contributed by atoms with E-state index in [1.165, 1.54) is 0 Å². The molecule has 1 atom stereocenters. The third-order valence-corrected chi connectivity index (χ3v) is 5.76. The molecule has 7 nitrogen and oxygen atoms in total. The van der Waals surface area contributed by atoms with E-state index in [9.17, 15) is 0 Å². The first-order valence-corrected chi connectivity index (χ1v) is 10.8. The van der Waals surface area contributed by atoms with Crippen molar-refractivity contribution in [1.82, 2.24) is 25.1 Å². The molecule has 5 rings (SSSR count). The summed E-state index contributed by atoms with van der Waals surface area (Å²) in [7, 11) is 0. The van der Waals surface area contributed by atoms with Crippen LogP contribution in [0.5, 0.6) is 0 Å². The Morgan fingerprint density at radius 2 is 1.97 bits per heavy atom. The Balaban J connectivity index is 1.34. The number of pyridine rings is 1. The molecule has 1 aromatic carbocycles. The van der Waals surface area contributed by atoms with Crippen molar-refractivity contribution in [2.24, 2.45) is 0 Å². The van der Waals surface area contributed by atoms with Crippen molar-refractivity contribution in [3.63, 3.8) is 0 Å². The van der Waals surface area contributed by atoms with Gasteiger partial charge in [0.2, 0.25) is 0 Å². The van der Waals surface area contributed by atoms with Crippen LogP contribution in [0.15, 0.2) is 59.4 Å². The van der Waals surface area contributed by atoms with E-state index in [0.29, 0.717) is 11.8 Å². The number of aromatic amines is 1. The standard InChI is InChI=1S/C24H26N6O/c1-16(2)22-28-24(31-29-22)18-10-11-25-21(13-18)30-12-6-9-19(15-30)23-26-14-20(27-23)17-7-4-3-5-8-17/h3-5,7-8,10-11,13-14,16,19H,6,9,12,15H2,1-2H3,(H,26,27). The number of hydrogen-bond acceptors (Lipinski definition) is 6. The van der Waals surface area contributed by atoms with E-state index < -0.39 is 0 Å². The van der Waals surface area contributed by atoms with Crippen molar-refractivity contribution in [1.29, 1.82) is 0 Å². The lowest BCUT2D eigenvalue weighted by Crippen LogP contribution is -2.35. The predicted molar refractivity (Wildman–Crippen MR) is 120 cm³/mol. The summed E-state index contributed by atoms with van der Waals surface area (Å²) in [5.74, 6) is 3.81. The monoisotopic (exact) mass is 414 g/mol. The zero-order valence-electron chi connectivity index (χ0n) is 17.8. The third-order valence-electron chi connectivity index (χ3n) is 5.76. The van der Waals surface area contributed by atoms with Crippen molar-refractivity contribution in [3.8, 4) is 22.7 Å². The van der Waals surface area contributed by atoms with Crippen molar-refractivity contribution in [2.75, 3.05) is 18.0 Å². The molecule has 3 aromatic heterocycles. The third kappa shape index (κ3) is 4.08. The fourth-order valence-corrected chi connectivity index (χ4v) is 4.03. The van der Waals surface area contributed by atoms with E-state index in [2.05, 4.69) is 51.0 Å². The van der Waals surface area contributed by atoms with Gasteiger partial charge in [0, 0.05) is 36.7 Å². The minimum atomic E-state index is 0.232. The second kappa shape index (κ2) is 8.34. The topological polar surface area (TPSA) is 83.7 Å². The summed E-state index contributed by atoms with van der Waals surface area (Å²) in [6, 6.07) is 14.3. The van der Waals surface area contributed by atoms with E-state index in [-0.39, 0.29) is 5.92 Å². The maximum Gasteiger partial charge on any atom is 0.258 e. The van der Waals surface area contributed by atoms with Gasteiger partial charge in [-0.25, -0.2) is 9.97 Å². The lowest BCUT2D eigenvalue weighted by molar-refractivity contribution is 0.419. The highest BCUT2D eigenvalue weighted by Crippen LogP contribution is 2.30. The van der Waals surface area contributed by atoms with Gasteiger partial charge in [0.25, 0.3) is 5.89 Å². The predicted octanol–water partition coefficient (Wildman–Crippen LogP) is 5.03. The van der Waals surface area contributed by atoms with Gasteiger partial charge < -0.3 is 14.4 Å². The van der Waals surface area contributed by atoms with Crippen LogP contribution < -0.4 is 4.90 Å². The van der Waals surface area contributed by atoms with E-state index in [0.717, 1.165) is 60.2 Å². The van der Waals surface area contributed by atoms with Crippen molar-refractivity contribution in [3.05, 3.63) is 66.5 Å². The van der Waals surface area contributed by atoms with Crippen LogP contribution in [0.3, 0.4) is 0 Å². The molecule has 1 N–H and O–H groups in total. The van der Waals surface area contributed by atoms with Gasteiger partial charge in [-0.15, -0.1) is 0 Å². The Kier molecular flexibility index (Phi) is 5.24. The number of rotatable bonds is 5. The zero-order chi connectivity index (χ0) is 21.2. The van der Waals surface area contributed by atoms with Crippen LogP contribution >= 0.6 is 0 Å². The van der Waals surface area contributed by atoms with Crippen molar-refractivity contribution >= 4 is 5.82 Å². The summed E-state index contributed by atoms with van der Waals surface area (Å²) in [5, 5.41) is 4.08. The van der Waals surface area contributed by atoms with Gasteiger partial charge >= 0.3 is 0 Å². The van der Waals surface area contributed by atoms with Crippen LogP contribution in [0.4, 0.5) is 5.82 Å². The Bertz CT molecular complexity index is 1150. The fraction of sp³-hybridized carbons (Fsp3) is 0.333. The summed E-state index contributed by atoms with van der Waals surface area (Å²) in [4.78, 5) is 19.7. The molecule has 1 unspecified atom stereocenters. The zero-order valence-corrected chi connectivity index (χ0v) is 17.8. The molecule has 0 spiro atoms. The Morgan fingerprint density at radius 3 is 2.77 bits per heavy atom. The van der Waals surface area contributed by atoms with Gasteiger partial charge in [-0.05, 0) is 30.5 Å². The summed E-state index contributed by atoms with van der Waals surface area (Å²) >= 11 is 0. The normalized spacial score (nSPS) is 16.7. The summed E-state index contributed by atoms with van der Waals surface area (Å²) < 4.78 is 5.47. The van der Waals surface area contributed by atoms with Crippen LogP contribution in [-0.2, 0) is 0 Å². The molecule has 1 aliphatic heterocycles. The van der Waals surface area contributed by atoms with Crippen molar-refractivity contribution < 1.29 is 4.52 Å². The minimum absolute atomic E-state index is 0.232. The number of H-pyrrole nitrogens is 1. The van der Waals surface area contributed by atoms with Gasteiger partial charge in [-0.3, -0.25) is 0 Å². The molecule has 31 heavy (non-hydrogen) atoms. The molecule has 1 saturated heterocycles. The molecule has 4 aromatic rings. The quantitative estimate of drug-likeness (QED) is 0.493. The van der Waals surface area contributed by atoms with Crippen LogP contribution in [0, 0.1) is 0 Å². The first kappa shape index (κ1) is 19.5. The number of hydrogen-bond donors (Lipinski definition) is 1. The first-order chi connectivity index (χ1) is 15.2. The number of nitrogens with zero attached hydrogens (tertiary/aromatic N) is 5. The number of piperidine rings is 1. The minimum Gasteiger partial charge on any atom is -0.356 e. The summed E-state index contributed by atoms with van der Waals surface area (Å²) in [5.41, 5.74) is 3.12. The maximum atomic E-state index is 5.47. The number of benzene rings is 1. The molecular weight excluding hydrogens is 388 g/mol. The molecule has 0 radical (unpaired) electrons. The molecule has 0 amide bonds. The number of anilines is 1. The van der Waals surface area contributed by atoms with Crippen LogP contribution in [0.1, 0.15) is 50.2 Å². The average molecular weight is 415 g/mol. The summed E-state index contributed by atoms with van der Waals surface area (Å²) in [6.07, 6.45) is 5.95. The Morgan fingerprint density at radius 1 is 1.10 bits per heavy atom. The molecule has 0 saturated carbocycles. The smallest absolute Gasteiger partial charge is 0.258 e. The SMILES string of the molecule is CC(C)c1noc(-c2ccnc(N3CCCC(c4ncc(-c5ccccc5)[nH]4)C3)c2)n1. The van der Waals surface area contributed by atoms with E-state index in [1.54, 1.807) is 0 Å². The molecule has 1 aliphatic rings. The van der Waals surface area contributed by atoms with Crippen LogP contribution in [0.2, 0.25) is 0 Å². The van der Waals surface area contributed by atoms with Gasteiger partial charge in [0.05, 0.1) is 11.9 Å². The van der Waals surface area contributed by atoms with E-state index >= 15 is 0 Å². The lowest BCUT2D eigenvalue weighted by Gasteiger charge is -2.32. The molecule has 7 heteroatoms. The second-order valence-electron chi connectivity index (χ2n) is 8.35. The Hall–Kier alpha value is -3.48.